The Balaban J connectivity index is 2.15. The van der Waals surface area contributed by atoms with Crippen LogP contribution in [-0.2, 0) is 13.2 Å². The predicted molar refractivity (Wildman–Crippen MR) is 76.4 cm³/mol. The lowest BCUT2D eigenvalue weighted by molar-refractivity contribution is 0.296. The summed E-state index contributed by atoms with van der Waals surface area (Å²) in [6.07, 6.45) is 0. The van der Waals surface area contributed by atoms with E-state index >= 15 is 0 Å². The quantitative estimate of drug-likeness (QED) is 0.911. The molecule has 0 aliphatic rings. The lowest BCUT2D eigenvalue weighted by Crippen LogP contribution is -2.02. The zero-order valence-electron chi connectivity index (χ0n) is 11.7. The van der Waals surface area contributed by atoms with Crippen LogP contribution in [0.2, 0.25) is 0 Å². The summed E-state index contributed by atoms with van der Waals surface area (Å²) in [6.45, 7) is 2.52. The zero-order valence-corrected chi connectivity index (χ0v) is 11.7. The maximum atomic E-state index is 13.2. The van der Waals surface area contributed by atoms with E-state index in [1.165, 1.54) is 6.07 Å². The first-order valence-electron chi connectivity index (χ1n) is 6.39. The van der Waals surface area contributed by atoms with Gasteiger partial charge in [-0.2, -0.15) is 0 Å². The van der Waals surface area contributed by atoms with Gasteiger partial charge in [0.05, 0.1) is 7.11 Å². The van der Waals surface area contributed by atoms with Crippen LogP contribution in [0, 0.1) is 12.7 Å². The summed E-state index contributed by atoms with van der Waals surface area (Å²) >= 11 is 0. The molecule has 0 unspecified atom stereocenters. The number of halogens is 1. The molecular weight excluding hydrogens is 257 g/mol. The van der Waals surface area contributed by atoms with Crippen LogP contribution in [-0.4, -0.2) is 7.11 Å². The van der Waals surface area contributed by atoms with Crippen LogP contribution >= 0.6 is 0 Å². The summed E-state index contributed by atoms with van der Waals surface area (Å²) in [5, 5.41) is 0. The van der Waals surface area contributed by atoms with E-state index < -0.39 is 0 Å². The van der Waals surface area contributed by atoms with Crippen molar-refractivity contribution in [2.75, 3.05) is 7.11 Å². The maximum Gasteiger partial charge on any atom is 0.126 e. The summed E-state index contributed by atoms with van der Waals surface area (Å²) < 4.78 is 24.2. The number of benzene rings is 2. The van der Waals surface area contributed by atoms with E-state index in [4.69, 9.17) is 15.2 Å². The van der Waals surface area contributed by atoms with Crippen molar-refractivity contribution in [2.45, 2.75) is 20.1 Å². The molecule has 0 aliphatic carbocycles. The number of nitrogens with two attached hydrogens (primary N) is 1. The minimum Gasteiger partial charge on any atom is -0.496 e. The molecule has 2 aromatic carbocycles. The van der Waals surface area contributed by atoms with Gasteiger partial charge in [-0.1, -0.05) is 6.07 Å². The first-order valence-corrected chi connectivity index (χ1v) is 6.39. The Bertz CT molecular complexity index is 599. The van der Waals surface area contributed by atoms with Gasteiger partial charge in [-0.25, -0.2) is 4.39 Å². The van der Waals surface area contributed by atoms with Gasteiger partial charge in [-0.05, 0) is 48.4 Å². The fraction of sp³-hybridized carbons (Fsp3) is 0.250. The van der Waals surface area contributed by atoms with Crippen molar-refractivity contribution in [3.63, 3.8) is 0 Å². The van der Waals surface area contributed by atoms with Crippen LogP contribution in [0.15, 0.2) is 36.4 Å². The Morgan fingerprint density at radius 2 is 1.95 bits per heavy atom. The van der Waals surface area contributed by atoms with E-state index in [1.54, 1.807) is 26.2 Å². The fourth-order valence-electron chi connectivity index (χ4n) is 1.94. The number of hydrogen-bond donors (Lipinski definition) is 1. The molecule has 4 heteroatoms. The smallest absolute Gasteiger partial charge is 0.126 e. The van der Waals surface area contributed by atoms with Gasteiger partial charge < -0.3 is 15.2 Å². The van der Waals surface area contributed by atoms with Crippen molar-refractivity contribution in [3.8, 4) is 11.5 Å². The third-order valence-corrected chi connectivity index (χ3v) is 3.10. The molecule has 20 heavy (non-hydrogen) atoms. The average Bonchev–Trinajstić information content (AvgIpc) is 2.48. The Morgan fingerprint density at radius 1 is 1.15 bits per heavy atom. The molecule has 0 atom stereocenters. The molecule has 0 aliphatic heterocycles. The monoisotopic (exact) mass is 275 g/mol. The Morgan fingerprint density at radius 3 is 2.60 bits per heavy atom. The normalized spacial score (nSPS) is 10.4. The Hall–Kier alpha value is -2.07. The molecule has 0 amide bonds. The number of methoxy groups -OCH3 is 1. The van der Waals surface area contributed by atoms with Gasteiger partial charge in [0.2, 0.25) is 0 Å². The van der Waals surface area contributed by atoms with Gasteiger partial charge in [0, 0.05) is 12.1 Å². The highest BCUT2D eigenvalue weighted by Gasteiger charge is 2.06. The van der Waals surface area contributed by atoms with Crippen molar-refractivity contribution in [1.29, 1.82) is 0 Å². The lowest BCUT2D eigenvalue weighted by Gasteiger charge is -2.12. The van der Waals surface area contributed by atoms with Crippen molar-refractivity contribution in [3.05, 3.63) is 58.9 Å². The van der Waals surface area contributed by atoms with E-state index in [1.807, 2.05) is 18.2 Å². The largest absolute Gasteiger partial charge is 0.496 e. The van der Waals surface area contributed by atoms with Crippen molar-refractivity contribution < 1.29 is 13.9 Å². The third-order valence-electron chi connectivity index (χ3n) is 3.10. The average molecular weight is 275 g/mol. The highest BCUT2D eigenvalue weighted by atomic mass is 19.1. The van der Waals surface area contributed by atoms with Gasteiger partial charge in [-0.15, -0.1) is 0 Å². The molecule has 2 N–H and O–H groups in total. The van der Waals surface area contributed by atoms with Crippen molar-refractivity contribution in [1.82, 2.24) is 0 Å². The molecule has 0 bridgehead atoms. The molecule has 0 spiro atoms. The Labute approximate surface area is 118 Å². The topological polar surface area (TPSA) is 44.5 Å². The predicted octanol–water partition coefficient (Wildman–Crippen LogP) is 3.18. The molecule has 0 saturated carbocycles. The molecule has 106 valence electrons. The molecule has 0 fully saturated rings. The summed E-state index contributed by atoms with van der Waals surface area (Å²) in [5.74, 6) is 1.14. The van der Waals surface area contributed by atoms with Crippen molar-refractivity contribution in [2.24, 2.45) is 5.73 Å². The van der Waals surface area contributed by atoms with Gasteiger partial charge >= 0.3 is 0 Å². The minimum absolute atomic E-state index is 0.236. The maximum absolute atomic E-state index is 13.2. The number of hydrogen-bond acceptors (Lipinski definition) is 3. The molecule has 0 radical (unpaired) electrons. The van der Waals surface area contributed by atoms with E-state index in [0.717, 1.165) is 16.9 Å². The van der Waals surface area contributed by atoms with Gasteiger partial charge in [0.1, 0.15) is 23.9 Å². The SMILES string of the molecule is COc1ccc(CN)cc1COc1ccc(F)c(C)c1. The van der Waals surface area contributed by atoms with Gasteiger partial charge in [0.25, 0.3) is 0 Å². The lowest BCUT2D eigenvalue weighted by atomic mass is 10.1. The molecule has 0 heterocycles. The number of ether oxygens (including phenoxy) is 2. The van der Waals surface area contributed by atoms with Crippen LogP contribution in [0.4, 0.5) is 4.39 Å². The standard InChI is InChI=1S/C16H18FNO2/c1-11-7-14(4-5-15(11)17)20-10-13-8-12(9-18)3-6-16(13)19-2/h3-8H,9-10,18H2,1-2H3. The second kappa shape index (κ2) is 6.39. The summed E-state index contributed by atoms with van der Waals surface area (Å²) in [5.41, 5.74) is 8.12. The second-order valence-corrected chi connectivity index (χ2v) is 4.55. The first-order chi connectivity index (χ1) is 9.63. The van der Waals surface area contributed by atoms with Crippen LogP contribution in [0.3, 0.4) is 0 Å². The summed E-state index contributed by atoms with van der Waals surface area (Å²) in [7, 11) is 1.61. The summed E-state index contributed by atoms with van der Waals surface area (Å²) in [6, 6.07) is 10.4. The van der Waals surface area contributed by atoms with Crippen molar-refractivity contribution >= 4 is 0 Å². The fourth-order valence-corrected chi connectivity index (χ4v) is 1.94. The Kier molecular flexibility index (Phi) is 4.58. The molecule has 2 rings (SSSR count). The molecule has 0 saturated heterocycles. The van der Waals surface area contributed by atoms with Gasteiger partial charge in [0.15, 0.2) is 0 Å². The van der Waals surface area contributed by atoms with E-state index in [-0.39, 0.29) is 5.82 Å². The van der Waals surface area contributed by atoms with Crippen LogP contribution < -0.4 is 15.2 Å². The highest BCUT2D eigenvalue weighted by Crippen LogP contribution is 2.23. The van der Waals surface area contributed by atoms with Crippen LogP contribution in [0.5, 0.6) is 11.5 Å². The molecule has 3 nitrogen and oxygen atoms in total. The highest BCUT2D eigenvalue weighted by molar-refractivity contribution is 5.37. The van der Waals surface area contributed by atoms with E-state index in [0.29, 0.717) is 24.5 Å². The number of rotatable bonds is 5. The van der Waals surface area contributed by atoms with Crippen LogP contribution in [0.25, 0.3) is 0 Å². The second-order valence-electron chi connectivity index (χ2n) is 4.55. The molecular formula is C16H18FNO2. The zero-order chi connectivity index (χ0) is 14.5. The minimum atomic E-state index is -0.236. The first kappa shape index (κ1) is 14.3. The van der Waals surface area contributed by atoms with Gasteiger partial charge in [-0.3, -0.25) is 0 Å². The molecule has 2 aromatic rings. The summed E-state index contributed by atoms with van der Waals surface area (Å²) in [4.78, 5) is 0. The third kappa shape index (κ3) is 3.27. The molecule has 0 aromatic heterocycles. The number of aryl methyl sites for hydroxylation is 1. The van der Waals surface area contributed by atoms with E-state index in [9.17, 15) is 4.39 Å². The van der Waals surface area contributed by atoms with Crippen LogP contribution in [0.1, 0.15) is 16.7 Å². The van der Waals surface area contributed by atoms with E-state index in [2.05, 4.69) is 0 Å².